The summed E-state index contributed by atoms with van der Waals surface area (Å²) < 4.78 is 0. The molecule has 1 atom stereocenters. The predicted octanol–water partition coefficient (Wildman–Crippen LogP) is 2.04. The van der Waals surface area contributed by atoms with Crippen LogP contribution < -0.4 is 5.73 Å². The zero-order valence-corrected chi connectivity index (χ0v) is 14.3. The number of hydrogen-bond donors (Lipinski definition) is 1. The molecule has 5 nitrogen and oxygen atoms in total. The minimum atomic E-state index is -0.402. The van der Waals surface area contributed by atoms with E-state index in [4.69, 9.17) is 10.7 Å². The maximum atomic E-state index is 11.1. The van der Waals surface area contributed by atoms with Gasteiger partial charge in [0.2, 0.25) is 5.91 Å². The smallest absolute Gasteiger partial charge is 0.248 e. The third kappa shape index (κ3) is 3.77. The van der Waals surface area contributed by atoms with Crippen molar-refractivity contribution in [3.05, 3.63) is 40.9 Å². The quantitative estimate of drug-likeness (QED) is 0.932. The zero-order chi connectivity index (χ0) is 16.4. The maximum Gasteiger partial charge on any atom is 0.248 e. The minimum Gasteiger partial charge on any atom is -0.366 e. The molecule has 1 fully saturated rings. The standard InChI is InChI=1S/C17H22N4OS/c1-12-9-20(2)7-8-21(12)10-15-11-23-17(19-15)14-5-3-13(4-6-14)16(18)22/h3-6,11-12H,7-10H2,1-2H3,(H2,18,22)/t12-/m1/s1. The molecule has 3 rings (SSSR count). The molecule has 2 heterocycles. The number of primary amides is 1. The number of carbonyl (C=O) groups excluding carboxylic acids is 1. The number of thiazole rings is 1. The summed E-state index contributed by atoms with van der Waals surface area (Å²) in [7, 11) is 2.17. The van der Waals surface area contributed by atoms with E-state index in [1.54, 1.807) is 23.5 Å². The molecule has 122 valence electrons. The van der Waals surface area contributed by atoms with Gasteiger partial charge in [-0.15, -0.1) is 11.3 Å². The molecule has 0 aliphatic carbocycles. The fourth-order valence-corrected chi connectivity index (χ4v) is 3.73. The molecule has 0 saturated carbocycles. The van der Waals surface area contributed by atoms with Crippen LogP contribution >= 0.6 is 11.3 Å². The maximum absolute atomic E-state index is 11.1. The van der Waals surface area contributed by atoms with Crippen LogP contribution in [0.4, 0.5) is 0 Å². The summed E-state index contributed by atoms with van der Waals surface area (Å²) in [6, 6.07) is 7.86. The first-order valence-electron chi connectivity index (χ1n) is 7.80. The van der Waals surface area contributed by atoms with Gasteiger partial charge in [-0.2, -0.15) is 0 Å². The second-order valence-corrected chi connectivity index (χ2v) is 7.03. The van der Waals surface area contributed by atoms with Gasteiger partial charge >= 0.3 is 0 Å². The molecular formula is C17H22N4OS. The van der Waals surface area contributed by atoms with E-state index in [1.165, 1.54) is 0 Å². The van der Waals surface area contributed by atoms with Crippen molar-refractivity contribution in [1.29, 1.82) is 0 Å². The average molecular weight is 330 g/mol. The Morgan fingerprint density at radius 2 is 2.09 bits per heavy atom. The summed E-state index contributed by atoms with van der Waals surface area (Å²) in [5.41, 5.74) is 7.93. The number of piperazine rings is 1. The third-order valence-electron chi connectivity index (χ3n) is 4.30. The van der Waals surface area contributed by atoms with E-state index in [0.717, 1.165) is 42.4 Å². The van der Waals surface area contributed by atoms with E-state index in [2.05, 4.69) is 29.2 Å². The Balaban J connectivity index is 1.69. The lowest BCUT2D eigenvalue weighted by atomic mass is 10.1. The molecule has 1 aliphatic rings. The highest BCUT2D eigenvalue weighted by Crippen LogP contribution is 2.25. The number of nitrogens with zero attached hydrogens (tertiary/aromatic N) is 3. The Morgan fingerprint density at radius 1 is 1.35 bits per heavy atom. The molecule has 23 heavy (non-hydrogen) atoms. The number of rotatable bonds is 4. The van der Waals surface area contributed by atoms with E-state index >= 15 is 0 Å². The Bertz CT molecular complexity index is 682. The van der Waals surface area contributed by atoms with Crippen LogP contribution in [0.2, 0.25) is 0 Å². The van der Waals surface area contributed by atoms with Crippen LogP contribution in [0.3, 0.4) is 0 Å². The van der Waals surface area contributed by atoms with Gasteiger partial charge in [0.05, 0.1) is 5.69 Å². The van der Waals surface area contributed by atoms with Crippen LogP contribution in [-0.2, 0) is 6.54 Å². The molecule has 2 aromatic rings. The Kier molecular flexibility index (Phi) is 4.75. The van der Waals surface area contributed by atoms with Crippen LogP contribution in [0.25, 0.3) is 10.6 Å². The van der Waals surface area contributed by atoms with Gasteiger partial charge < -0.3 is 10.6 Å². The molecule has 0 unspecified atom stereocenters. The van der Waals surface area contributed by atoms with Crippen LogP contribution in [0, 0.1) is 0 Å². The van der Waals surface area contributed by atoms with Crippen molar-refractivity contribution in [3.63, 3.8) is 0 Å². The summed E-state index contributed by atoms with van der Waals surface area (Å²) in [5.74, 6) is -0.402. The average Bonchev–Trinajstić information content (AvgIpc) is 2.99. The molecule has 1 aromatic heterocycles. The highest BCUT2D eigenvalue weighted by Gasteiger charge is 2.22. The fourth-order valence-electron chi connectivity index (χ4n) is 2.91. The summed E-state index contributed by atoms with van der Waals surface area (Å²) in [4.78, 5) is 20.7. The van der Waals surface area contributed by atoms with Gasteiger partial charge in [0.15, 0.2) is 0 Å². The summed E-state index contributed by atoms with van der Waals surface area (Å²) >= 11 is 1.64. The van der Waals surface area contributed by atoms with Crippen molar-refractivity contribution >= 4 is 17.2 Å². The van der Waals surface area contributed by atoms with Crippen LogP contribution in [0.1, 0.15) is 23.0 Å². The topological polar surface area (TPSA) is 62.5 Å². The molecule has 1 aliphatic heterocycles. The van der Waals surface area contributed by atoms with E-state index in [1.807, 2.05) is 12.1 Å². The fraction of sp³-hybridized carbons (Fsp3) is 0.412. The monoisotopic (exact) mass is 330 g/mol. The lowest BCUT2D eigenvalue weighted by Gasteiger charge is -2.37. The van der Waals surface area contributed by atoms with E-state index in [0.29, 0.717) is 11.6 Å². The number of benzene rings is 1. The van der Waals surface area contributed by atoms with Crippen molar-refractivity contribution in [2.75, 3.05) is 26.7 Å². The number of hydrogen-bond acceptors (Lipinski definition) is 5. The van der Waals surface area contributed by atoms with Gasteiger partial charge in [0.1, 0.15) is 5.01 Å². The summed E-state index contributed by atoms with van der Waals surface area (Å²) in [6.45, 7) is 6.45. The van der Waals surface area contributed by atoms with E-state index in [9.17, 15) is 4.79 Å². The summed E-state index contributed by atoms with van der Waals surface area (Å²) in [6.07, 6.45) is 0. The molecule has 0 radical (unpaired) electrons. The van der Waals surface area contributed by atoms with Gasteiger partial charge in [-0.3, -0.25) is 9.69 Å². The molecule has 1 amide bonds. The first-order chi connectivity index (χ1) is 11.0. The normalized spacial score (nSPS) is 19.8. The molecule has 1 aromatic carbocycles. The second-order valence-electron chi connectivity index (χ2n) is 6.17. The number of likely N-dealkylation sites (N-methyl/N-ethyl adjacent to an activating group) is 1. The second kappa shape index (κ2) is 6.78. The summed E-state index contributed by atoms with van der Waals surface area (Å²) in [5, 5.41) is 3.11. The van der Waals surface area contributed by atoms with E-state index in [-0.39, 0.29) is 0 Å². The van der Waals surface area contributed by atoms with Crippen LogP contribution in [0.15, 0.2) is 29.6 Å². The highest BCUT2D eigenvalue weighted by molar-refractivity contribution is 7.13. The Morgan fingerprint density at radius 3 is 2.74 bits per heavy atom. The SMILES string of the molecule is C[C@@H]1CN(C)CCN1Cc1csc(-c2ccc(C(N)=O)cc2)n1. The third-order valence-corrected chi connectivity index (χ3v) is 5.24. The molecule has 1 saturated heterocycles. The van der Waals surface area contributed by atoms with Crippen molar-refractivity contribution in [1.82, 2.24) is 14.8 Å². The first kappa shape index (κ1) is 16.1. The Labute approximate surface area is 140 Å². The Hall–Kier alpha value is -1.76. The molecule has 0 bridgehead atoms. The lowest BCUT2D eigenvalue weighted by Crippen LogP contribution is -2.49. The van der Waals surface area contributed by atoms with Crippen molar-refractivity contribution in [3.8, 4) is 10.6 Å². The van der Waals surface area contributed by atoms with E-state index < -0.39 is 5.91 Å². The number of amides is 1. The van der Waals surface area contributed by atoms with Gasteiger partial charge in [0.25, 0.3) is 0 Å². The number of nitrogens with two attached hydrogens (primary N) is 1. The van der Waals surface area contributed by atoms with Crippen molar-refractivity contribution in [2.45, 2.75) is 19.5 Å². The molecule has 6 heteroatoms. The van der Waals surface area contributed by atoms with Gasteiger partial charge in [0, 0.05) is 48.7 Å². The van der Waals surface area contributed by atoms with Crippen molar-refractivity contribution in [2.24, 2.45) is 5.73 Å². The minimum absolute atomic E-state index is 0.402. The largest absolute Gasteiger partial charge is 0.366 e. The lowest BCUT2D eigenvalue weighted by molar-refractivity contribution is 0.0929. The highest BCUT2D eigenvalue weighted by atomic mass is 32.1. The van der Waals surface area contributed by atoms with Gasteiger partial charge in [-0.1, -0.05) is 12.1 Å². The molecule has 2 N–H and O–H groups in total. The molecule has 0 spiro atoms. The molecular weight excluding hydrogens is 308 g/mol. The zero-order valence-electron chi connectivity index (χ0n) is 13.5. The number of aromatic nitrogens is 1. The van der Waals surface area contributed by atoms with Crippen LogP contribution in [0.5, 0.6) is 0 Å². The van der Waals surface area contributed by atoms with Gasteiger partial charge in [-0.05, 0) is 26.1 Å². The first-order valence-corrected chi connectivity index (χ1v) is 8.68. The van der Waals surface area contributed by atoms with Crippen molar-refractivity contribution < 1.29 is 4.79 Å². The predicted molar refractivity (Wildman–Crippen MR) is 93.4 cm³/mol. The number of carbonyl (C=O) groups is 1. The van der Waals surface area contributed by atoms with Gasteiger partial charge in [-0.25, -0.2) is 4.98 Å². The van der Waals surface area contributed by atoms with Crippen LogP contribution in [-0.4, -0.2) is 53.4 Å².